The normalized spacial score (nSPS) is 10.4. The van der Waals surface area contributed by atoms with Crippen molar-refractivity contribution < 1.29 is 9.53 Å². The van der Waals surface area contributed by atoms with Gasteiger partial charge in [0, 0.05) is 23.3 Å². The standard InChI is InChI=1S/C19H19N3O2S/c1-2-14-5-3-4-6-17(14)24-12-18(23)21-11-16-13-25-19(22-16)15-7-9-20-10-8-15/h3-10,13H,2,11-12H2,1H3,(H,21,23). The number of benzene rings is 1. The minimum Gasteiger partial charge on any atom is -0.483 e. The molecule has 0 radical (unpaired) electrons. The predicted octanol–water partition coefficient (Wildman–Crippen LogP) is 3.46. The highest BCUT2D eigenvalue weighted by molar-refractivity contribution is 7.13. The van der Waals surface area contributed by atoms with Crippen LogP contribution < -0.4 is 10.1 Å². The van der Waals surface area contributed by atoms with Gasteiger partial charge in [-0.1, -0.05) is 25.1 Å². The molecule has 25 heavy (non-hydrogen) atoms. The van der Waals surface area contributed by atoms with Gasteiger partial charge in [-0.15, -0.1) is 11.3 Å². The highest BCUT2D eigenvalue weighted by Crippen LogP contribution is 2.22. The van der Waals surface area contributed by atoms with Crippen molar-refractivity contribution in [2.24, 2.45) is 0 Å². The molecule has 5 nitrogen and oxygen atoms in total. The summed E-state index contributed by atoms with van der Waals surface area (Å²) in [6.45, 7) is 2.45. The summed E-state index contributed by atoms with van der Waals surface area (Å²) in [5, 5.41) is 5.70. The Kier molecular flexibility index (Phi) is 5.74. The molecule has 0 aliphatic carbocycles. The van der Waals surface area contributed by atoms with Gasteiger partial charge in [-0.2, -0.15) is 0 Å². The first-order chi connectivity index (χ1) is 12.3. The molecule has 1 aromatic carbocycles. The summed E-state index contributed by atoms with van der Waals surface area (Å²) >= 11 is 1.55. The van der Waals surface area contributed by atoms with Crippen molar-refractivity contribution in [1.82, 2.24) is 15.3 Å². The SMILES string of the molecule is CCc1ccccc1OCC(=O)NCc1csc(-c2ccncc2)n1. The fourth-order valence-electron chi connectivity index (χ4n) is 2.34. The molecule has 0 fully saturated rings. The predicted molar refractivity (Wildman–Crippen MR) is 98.5 cm³/mol. The molecule has 0 saturated carbocycles. The summed E-state index contributed by atoms with van der Waals surface area (Å²) in [5.41, 5.74) is 2.95. The second-order valence-electron chi connectivity index (χ2n) is 5.41. The van der Waals surface area contributed by atoms with E-state index in [-0.39, 0.29) is 12.5 Å². The summed E-state index contributed by atoms with van der Waals surface area (Å²) in [4.78, 5) is 20.5. The van der Waals surface area contributed by atoms with Gasteiger partial charge in [0.15, 0.2) is 6.61 Å². The first kappa shape index (κ1) is 17.1. The summed E-state index contributed by atoms with van der Waals surface area (Å²) in [6, 6.07) is 11.6. The molecular weight excluding hydrogens is 334 g/mol. The lowest BCUT2D eigenvalue weighted by Gasteiger charge is -2.10. The molecule has 2 aromatic heterocycles. The molecule has 1 amide bonds. The van der Waals surface area contributed by atoms with E-state index in [0.29, 0.717) is 6.54 Å². The second kappa shape index (κ2) is 8.39. The molecule has 0 spiro atoms. The molecule has 6 heteroatoms. The zero-order valence-corrected chi connectivity index (χ0v) is 14.8. The van der Waals surface area contributed by atoms with Crippen molar-refractivity contribution in [2.45, 2.75) is 19.9 Å². The van der Waals surface area contributed by atoms with E-state index < -0.39 is 0 Å². The molecule has 2 heterocycles. The molecule has 0 aliphatic heterocycles. The third kappa shape index (κ3) is 4.64. The van der Waals surface area contributed by atoms with Gasteiger partial charge < -0.3 is 10.1 Å². The Morgan fingerprint density at radius 3 is 2.80 bits per heavy atom. The maximum Gasteiger partial charge on any atom is 0.258 e. The van der Waals surface area contributed by atoms with Crippen LogP contribution in [-0.4, -0.2) is 22.5 Å². The Morgan fingerprint density at radius 2 is 2.00 bits per heavy atom. The van der Waals surface area contributed by atoms with Gasteiger partial charge >= 0.3 is 0 Å². The van der Waals surface area contributed by atoms with Crippen LogP contribution in [0.25, 0.3) is 10.6 Å². The number of aryl methyl sites for hydroxylation is 1. The quantitative estimate of drug-likeness (QED) is 0.706. The Morgan fingerprint density at radius 1 is 1.20 bits per heavy atom. The van der Waals surface area contributed by atoms with E-state index in [2.05, 4.69) is 22.2 Å². The molecule has 3 aromatic rings. The van der Waals surface area contributed by atoms with Crippen molar-refractivity contribution in [3.8, 4) is 16.3 Å². The monoisotopic (exact) mass is 353 g/mol. The van der Waals surface area contributed by atoms with Crippen LogP contribution >= 0.6 is 11.3 Å². The van der Waals surface area contributed by atoms with Gasteiger partial charge in [0.2, 0.25) is 0 Å². The third-order valence-electron chi connectivity index (χ3n) is 3.66. The average Bonchev–Trinajstić information content (AvgIpc) is 3.14. The van der Waals surface area contributed by atoms with E-state index in [0.717, 1.165) is 34.0 Å². The van der Waals surface area contributed by atoms with Crippen LogP contribution in [0.15, 0.2) is 54.2 Å². The number of ether oxygens (including phenoxy) is 1. The van der Waals surface area contributed by atoms with Gasteiger partial charge in [0.1, 0.15) is 10.8 Å². The number of nitrogens with zero attached hydrogens (tertiary/aromatic N) is 2. The van der Waals surface area contributed by atoms with E-state index in [4.69, 9.17) is 4.74 Å². The number of rotatable bonds is 7. The Bertz CT molecular complexity index is 833. The van der Waals surface area contributed by atoms with Crippen LogP contribution in [-0.2, 0) is 17.8 Å². The van der Waals surface area contributed by atoms with Crippen LogP contribution in [0.1, 0.15) is 18.2 Å². The number of nitrogens with one attached hydrogen (secondary N) is 1. The number of pyridine rings is 1. The molecule has 128 valence electrons. The van der Waals surface area contributed by atoms with Gasteiger partial charge in [0.25, 0.3) is 5.91 Å². The topological polar surface area (TPSA) is 64.1 Å². The summed E-state index contributed by atoms with van der Waals surface area (Å²) in [6.07, 6.45) is 4.35. The van der Waals surface area contributed by atoms with E-state index in [1.807, 2.05) is 41.8 Å². The van der Waals surface area contributed by atoms with Crippen LogP contribution in [0.3, 0.4) is 0 Å². The number of carbonyl (C=O) groups excluding carboxylic acids is 1. The van der Waals surface area contributed by atoms with E-state index in [9.17, 15) is 4.79 Å². The zero-order chi connectivity index (χ0) is 17.5. The molecular formula is C19H19N3O2S. The van der Waals surface area contributed by atoms with E-state index in [1.54, 1.807) is 23.7 Å². The summed E-state index contributed by atoms with van der Waals surface area (Å²) in [5.74, 6) is 0.596. The number of hydrogen-bond acceptors (Lipinski definition) is 5. The average molecular weight is 353 g/mol. The maximum absolute atomic E-state index is 12.0. The highest BCUT2D eigenvalue weighted by atomic mass is 32.1. The zero-order valence-electron chi connectivity index (χ0n) is 13.9. The number of aromatic nitrogens is 2. The van der Waals surface area contributed by atoms with Crippen LogP contribution in [0, 0.1) is 0 Å². The number of amides is 1. The number of hydrogen-bond donors (Lipinski definition) is 1. The lowest BCUT2D eigenvalue weighted by molar-refractivity contribution is -0.123. The third-order valence-corrected chi connectivity index (χ3v) is 4.60. The van der Waals surface area contributed by atoms with Gasteiger partial charge in [-0.3, -0.25) is 9.78 Å². The van der Waals surface area contributed by atoms with E-state index in [1.165, 1.54) is 0 Å². The van der Waals surface area contributed by atoms with Crippen molar-refractivity contribution in [3.63, 3.8) is 0 Å². The fraction of sp³-hybridized carbons (Fsp3) is 0.211. The van der Waals surface area contributed by atoms with Crippen LogP contribution in [0.2, 0.25) is 0 Å². The van der Waals surface area contributed by atoms with Crippen LogP contribution in [0.4, 0.5) is 0 Å². The molecule has 0 bridgehead atoms. The first-order valence-electron chi connectivity index (χ1n) is 8.08. The summed E-state index contributed by atoms with van der Waals surface area (Å²) < 4.78 is 5.62. The molecule has 0 atom stereocenters. The van der Waals surface area contributed by atoms with Crippen molar-refractivity contribution in [1.29, 1.82) is 0 Å². The van der Waals surface area contributed by atoms with Crippen molar-refractivity contribution in [2.75, 3.05) is 6.61 Å². The molecule has 1 N–H and O–H groups in total. The minimum atomic E-state index is -0.163. The maximum atomic E-state index is 12.0. The molecule has 3 rings (SSSR count). The lowest BCUT2D eigenvalue weighted by atomic mass is 10.1. The number of para-hydroxylation sites is 1. The van der Waals surface area contributed by atoms with E-state index >= 15 is 0 Å². The minimum absolute atomic E-state index is 0.00162. The molecule has 0 unspecified atom stereocenters. The molecule has 0 aliphatic rings. The van der Waals surface area contributed by atoms with Gasteiger partial charge in [0.05, 0.1) is 12.2 Å². The largest absolute Gasteiger partial charge is 0.483 e. The second-order valence-corrected chi connectivity index (χ2v) is 6.26. The Labute approximate surface area is 150 Å². The lowest BCUT2D eigenvalue weighted by Crippen LogP contribution is -2.28. The number of carbonyl (C=O) groups is 1. The number of thiazole rings is 1. The first-order valence-corrected chi connectivity index (χ1v) is 8.96. The highest BCUT2D eigenvalue weighted by Gasteiger charge is 2.08. The van der Waals surface area contributed by atoms with Gasteiger partial charge in [-0.05, 0) is 30.2 Å². The Hall–Kier alpha value is -2.73. The van der Waals surface area contributed by atoms with Gasteiger partial charge in [-0.25, -0.2) is 4.98 Å². The van der Waals surface area contributed by atoms with Crippen LogP contribution in [0.5, 0.6) is 5.75 Å². The fourth-order valence-corrected chi connectivity index (χ4v) is 3.16. The smallest absolute Gasteiger partial charge is 0.258 e. The molecule has 0 saturated heterocycles. The van der Waals surface area contributed by atoms with Crippen molar-refractivity contribution >= 4 is 17.2 Å². The Balaban J connectivity index is 1.50. The summed E-state index contributed by atoms with van der Waals surface area (Å²) in [7, 11) is 0. The van der Waals surface area contributed by atoms with Crippen molar-refractivity contribution in [3.05, 3.63) is 65.4 Å².